The number of ether oxygens (including phenoxy) is 1. The molecule has 6 rings (SSSR count). The maximum Gasteiger partial charge on any atom is 0.326 e. The third-order valence-electron chi connectivity index (χ3n) is 8.76. The van der Waals surface area contributed by atoms with E-state index in [1.165, 1.54) is 7.11 Å². The topological polar surface area (TPSA) is 85.6 Å². The maximum atomic E-state index is 14.7. The molecule has 1 saturated heterocycles. The van der Waals surface area contributed by atoms with Crippen LogP contribution >= 0.6 is 0 Å². The van der Waals surface area contributed by atoms with Gasteiger partial charge in [-0.15, -0.1) is 0 Å². The number of ketones is 2. The van der Waals surface area contributed by atoms with Crippen LogP contribution in [0.15, 0.2) is 89.3 Å². The molecule has 4 aromatic rings. The monoisotopic (exact) mass is 521 g/mol. The van der Waals surface area contributed by atoms with Crippen LogP contribution < -0.4 is 5.32 Å². The molecule has 1 aromatic heterocycles. The maximum absolute atomic E-state index is 14.7. The number of carbonyl (C=O) groups excluding carboxylic acids is 3. The number of rotatable bonds is 5. The van der Waals surface area contributed by atoms with E-state index in [1.807, 2.05) is 86.6 Å². The summed E-state index contributed by atoms with van der Waals surface area (Å²) in [5.41, 5.74) is -0.446. The van der Waals surface area contributed by atoms with Gasteiger partial charge in [-0.1, -0.05) is 86.6 Å². The van der Waals surface area contributed by atoms with Crippen LogP contribution in [0.5, 0.6) is 0 Å². The van der Waals surface area contributed by atoms with Crippen molar-refractivity contribution in [1.29, 1.82) is 0 Å². The summed E-state index contributed by atoms with van der Waals surface area (Å²) < 4.78 is 11.5. The van der Waals surface area contributed by atoms with Gasteiger partial charge >= 0.3 is 5.97 Å². The van der Waals surface area contributed by atoms with Crippen molar-refractivity contribution in [2.75, 3.05) is 7.11 Å². The Morgan fingerprint density at radius 2 is 1.54 bits per heavy atom. The molecule has 1 aliphatic carbocycles. The molecule has 4 atom stereocenters. The highest BCUT2D eigenvalue weighted by molar-refractivity contribution is 6.18. The van der Waals surface area contributed by atoms with Crippen molar-refractivity contribution >= 4 is 28.5 Å². The number of fused-ring (bicyclic) bond motifs is 2. The molecule has 1 N–H and O–H groups in total. The largest absolute Gasteiger partial charge is 0.468 e. The quantitative estimate of drug-likeness (QED) is 0.192. The zero-order valence-electron chi connectivity index (χ0n) is 22.5. The number of esters is 1. The van der Waals surface area contributed by atoms with Crippen LogP contribution in [0.2, 0.25) is 0 Å². The Balaban J connectivity index is 1.55. The third kappa shape index (κ3) is 3.54. The lowest BCUT2D eigenvalue weighted by Crippen LogP contribution is -2.55. The van der Waals surface area contributed by atoms with E-state index in [-0.39, 0.29) is 18.0 Å². The fourth-order valence-electron chi connectivity index (χ4n) is 7.40. The van der Waals surface area contributed by atoms with Gasteiger partial charge in [-0.05, 0) is 35.6 Å². The number of hydrogen-bond donors (Lipinski definition) is 1. The first-order chi connectivity index (χ1) is 18.6. The third-order valence-corrected chi connectivity index (χ3v) is 8.76. The standard InChI is InChI=1S/C33H31NO5/c1-31(2)19-26(35)33(28(36)22-16-14-21(15-17-22)20-10-6-5-7-11-20)27(34-32(3,29(31)33)30(37)38-4)25-18-23-12-8-9-13-24(23)39-25/h5-18,27,29,34H,19H2,1-4H3/t27-,29?,32-,33+/m0/s1. The van der Waals surface area contributed by atoms with E-state index >= 15 is 0 Å². The molecule has 0 amide bonds. The Labute approximate surface area is 227 Å². The summed E-state index contributed by atoms with van der Waals surface area (Å²) in [5, 5.41) is 4.26. The van der Waals surface area contributed by atoms with Gasteiger partial charge in [0.05, 0.1) is 13.2 Å². The SMILES string of the molecule is COC(=O)[C@@]1(C)N[C@@H](c2cc3ccccc3o2)[C@@]2(C(=O)c3ccc(-c4ccccc4)cc3)C(=O)CC(C)(C)C21. The van der Waals surface area contributed by atoms with Crippen molar-refractivity contribution in [2.45, 2.75) is 38.8 Å². The van der Waals surface area contributed by atoms with Gasteiger partial charge in [0.15, 0.2) is 5.78 Å². The zero-order chi connectivity index (χ0) is 27.6. The fourth-order valence-corrected chi connectivity index (χ4v) is 7.40. The lowest BCUT2D eigenvalue weighted by molar-refractivity contribution is -0.151. The molecular weight excluding hydrogens is 490 g/mol. The molecule has 0 bridgehead atoms. The second kappa shape index (κ2) is 8.75. The van der Waals surface area contributed by atoms with Gasteiger partial charge in [0.1, 0.15) is 28.1 Å². The number of carbonyl (C=O) groups is 3. The first kappa shape index (κ1) is 25.3. The van der Waals surface area contributed by atoms with Crippen molar-refractivity contribution < 1.29 is 23.5 Å². The Morgan fingerprint density at radius 1 is 0.897 bits per heavy atom. The van der Waals surface area contributed by atoms with E-state index in [0.29, 0.717) is 16.9 Å². The fraction of sp³-hybridized carbons (Fsp3) is 0.303. The minimum absolute atomic E-state index is 0.163. The molecular formula is C33H31NO5. The molecule has 0 radical (unpaired) electrons. The summed E-state index contributed by atoms with van der Waals surface area (Å²) in [5.74, 6) is -1.23. The molecule has 2 aliphatic rings. The molecule has 2 heterocycles. The molecule has 0 spiro atoms. The van der Waals surface area contributed by atoms with Crippen LogP contribution in [0.1, 0.15) is 49.4 Å². The Bertz CT molecular complexity index is 1570. The molecule has 3 aromatic carbocycles. The van der Waals surface area contributed by atoms with Crippen LogP contribution in [0.25, 0.3) is 22.1 Å². The van der Waals surface area contributed by atoms with E-state index < -0.39 is 34.3 Å². The first-order valence-electron chi connectivity index (χ1n) is 13.2. The Kier molecular flexibility index (Phi) is 5.67. The number of furan rings is 1. The Hall–Kier alpha value is -4.03. The van der Waals surface area contributed by atoms with Gasteiger partial charge < -0.3 is 9.15 Å². The van der Waals surface area contributed by atoms with Gasteiger partial charge in [0.25, 0.3) is 0 Å². The second-order valence-corrected chi connectivity index (χ2v) is 11.6. The number of methoxy groups -OCH3 is 1. The van der Waals surface area contributed by atoms with Crippen molar-refractivity contribution in [2.24, 2.45) is 16.7 Å². The lowest BCUT2D eigenvalue weighted by atomic mass is 9.60. The summed E-state index contributed by atoms with van der Waals surface area (Å²) in [6.45, 7) is 5.65. The average molecular weight is 522 g/mol. The summed E-state index contributed by atoms with van der Waals surface area (Å²) in [6, 6.07) is 25.8. The lowest BCUT2D eigenvalue weighted by Gasteiger charge is -2.39. The van der Waals surface area contributed by atoms with Gasteiger partial charge in [0.2, 0.25) is 0 Å². The molecule has 1 aliphatic heterocycles. The zero-order valence-corrected chi connectivity index (χ0v) is 22.5. The minimum atomic E-state index is -1.56. The van der Waals surface area contributed by atoms with E-state index in [4.69, 9.17) is 9.15 Å². The van der Waals surface area contributed by atoms with Crippen molar-refractivity contribution in [3.63, 3.8) is 0 Å². The predicted octanol–water partition coefficient (Wildman–Crippen LogP) is 6.16. The minimum Gasteiger partial charge on any atom is -0.468 e. The Morgan fingerprint density at radius 3 is 2.21 bits per heavy atom. The summed E-state index contributed by atoms with van der Waals surface area (Å²) in [6.07, 6.45) is 0.163. The molecule has 1 unspecified atom stereocenters. The molecule has 6 nitrogen and oxygen atoms in total. The molecule has 1 saturated carbocycles. The summed E-state index contributed by atoms with van der Waals surface area (Å²) >= 11 is 0. The normalized spacial score (nSPS) is 27.4. The van der Waals surface area contributed by atoms with Crippen molar-refractivity contribution in [1.82, 2.24) is 5.32 Å². The van der Waals surface area contributed by atoms with Crippen molar-refractivity contribution in [3.05, 3.63) is 96.3 Å². The van der Waals surface area contributed by atoms with Crippen LogP contribution in [0, 0.1) is 16.7 Å². The van der Waals surface area contributed by atoms with E-state index in [9.17, 15) is 14.4 Å². The predicted molar refractivity (Wildman–Crippen MR) is 148 cm³/mol. The highest BCUT2D eigenvalue weighted by Gasteiger charge is 2.77. The average Bonchev–Trinajstić information content (AvgIpc) is 3.57. The molecule has 39 heavy (non-hydrogen) atoms. The van der Waals surface area contributed by atoms with Crippen LogP contribution in [-0.2, 0) is 14.3 Å². The number of para-hydroxylation sites is 1. The van der Waals surface area contributed by atoms with E-state index in [2.05, 4.69) is 5.32 Å². The molecule has 198 valence electrons. The highest BCUT2D eigenvalue weighted by Crippen LogP contribution is 2.66. The number of benzene rings is 3. The first-order valence-corrected chi connectivity index (χ1v) is 13.2. The smallest absolute Gasteiger partial charge is 0.326 e. The molecule has 6 heteroatoms. The van der Waals surface area contributed by atoms with Crippen molar-refractivity contribution in [3.8, 4) is 11.1 Å². The summed E-state index contributed by atoms with van der Waals surface area (Å²) in [4.78, 5) is 42.4. The van der Waals surface area contributed by atoms with Gasteiger partial charge in [-0.25, -0.2) is 0 Å². The summed E-state index contributed by atoms with van der Waals surface area (Å²) in [7, 11) is 1.33. The van der Waals surface area contributed by atoms with Gasteiger partial charge in [0, 0.05) is 23.3 Å². The molecule has 2 fully saturated rings. The second-order valence-electron chi connectivity index (χ2n) is 11.6. The number of Topliss-reactive ketones (excluding diaryl/α,β-unsaturated/α-hetero) is 2. The van der Waals surface area contributed by atoms with Crippen LogP contribution in [0.4, 0.5) is 0 Å². The van der Waals surface area contributed by atoms with Gasteiger partial charge in [-0.2, -0.15) is 0 Å². The highest BCUT2D eigenvalue weighted by atomic mass is 16.5. The van der Waals surface area contributed by atoms with E-state index in [1.54, 1.807) is 19.1 Å². The van der Waals surface area contributed by atoms with Crippen LogP contribution in [-0.4, -0.2) is 30.2 Å². The number of hydrogen-bond acceptors (Lipinski definition) is 6. The van der Waals surface area contributed by atoms with E-state index in [0.717, 1.165) is 16.5 Å². The van der Waals surface area contributed by atoms with Gasteiger partial charge in [-0.3, -0.25) is 19.7 Å². The number of nitrogens with one attached hydrogen (secondary N) is 1. The van der Waals surface area contributed by atoms with Crippen LogP contribution in [0.3, 0.4) is 0 Å².